The third-order valence-corrected chi connectivity index (χ3v) is 5.83. The molecule has 152 valence electrons. The molecule has 3 atom stereocenters. The van der Waals surface area contributed by atoms with Gasteiger partial charge < -0.3 is 20.1 Å². The van der Waals surface area contributed by atoms with Gasteiger partial charge >= 0.3 is 12.1 Å². The summed E-state index contributed by atoms with van der Waals surface area (Å²) in [5.74, 6) is -3.29. The van der Waals surface area contributed by atoms with E-state index in [9.17, 15) is 33.3 Å². The van der Waals surface area contributed by atoms with Crippen LogP contribution in [0.1, 0.15) is 42.5 Å². The van der Waals surface area contributed by atoms with E-state index in [1.165, 1.54) is 13.0 Å². The fourth-order valence-electron chi connectivity index (χ4n) is 4.63. The summed E-state index contributed by atoms with van der Waals surface area (Å²) in [4.78, 5) is 11.7. The van der Waals surface area contributed by atoms with E-state index in [0.29, 0.717) is 6.07 Å². The van der Waals surface area contributed by atoms with Gasteiger partial charge in [-0.15, -0.1) is 0 Å². The quantitative estimate of drug-likeness (QED) is 0.702. The molecule has 3 heterocycles. The molecule has 1 aromatic carbocycles. The van der Waals surface area contributed by atoms with Crippen molar-refractivity contribution in [1.82, 2.24) is 4.57 Å². The predicted octanol–water partition coefficient (Wildman–Crippen LogP) is 3.34. The number of carboxylic acids is 1. The molecule has 0 saturated carbocycles. The van der Waals surface area contributed by atoms with Crippen LogP contribution in [0.3, 0.4) is 0 Å². The van der Waals surface area contributed by atoms with Crippen LogP contribution in [-0.2, 0) is 26.9 Å². The number of hydrogen-bond acceptors (Lipinski definition) is 5. The maximum atomic E-state index is 13.3. The van der Waals surface area contributed by atoms with Crippen molar-refractivity contribution < 1.29 is 38.0 Å². The van der Waals surface area contributed by atoms with Gasteiger partial charge in [0, 0.05) is 0 Å². The summed E-state index contributed by atoms with van der Waals surface area (Å²) in [5, 5.41) is 40.0. The van der Waals surface area contributed by atoms with Crippen molar-refractivity contribution in [1.29, 1.82) is 5.26 Å². The van der Waals surface area contributed by atoms with Gasteiger partial charge in [0.25, 0.3) is 0 Å². The largest absolute Gasteiger partial charge is 0.494 e. The molecule has 1 fully saturated rings. The first-order valence-corrected chi connectivity index (χ1v) is 8.57. The average molecular weight is 408 g/mol. The smallest absolute Gasteiger partial charge is 0.417 e. The molecule has 1 aromatic heterocycles. The number of benzene rings is 1. The van der Waals surface area contributed by atoms with Crippen LogP contribution >= 0.6 is 0 Å². The van der Waals surface area contributed by atoms with Crippen molar-refractivity contribution in [3.8, 4) is 23.5 Å². The number of aromatic nitrogens is 1. The Bertz CT molecular complexity index is 1120. The summed E-state index contributed by atoms with van der Waals surface area (Å²) in [6.07, 6.45) is -4.79. The van der Waals surface area contributed by atoms with Crippen LogP contribution in [0, 0.1) is 17.2 Å². The fourth-order valence-corrected chi connectivity index (χ4v) is 4.63. The molecule has 2 aliphatic heterocycles. The Morgan fingerprint density at radius 3 is 2.45 bits per heavy atom. The van der Waals surface area contributed by atoms with Gasteiger partial charge in [0.2, 0.25) is 11.8 Å². The van der Waals surface area contributed by atoms with Crippen LogP contribution in [0.15, 0.2) is 18.2 Å². The van der Waals surface area contributed by atoms with Gasteiger partial charge in [-0.3, -0.25) is 9.36 Å². The number of rotatable bonds is 2. The monoisotopic (exact) mass is 408 g/mol. The van der Waals surface area contributed by atoms with E-state index in [0.717, 1.165) is 16.7 Å². The molecule has 4 rings (SSSR count). The van der Waals surface area contributed by atoms with Gasteiger partial charge in [0.05, 0.1) is 45.5 Å². The highest BCUT2D eigenvalue weighted by molar-refractivity contribution is 5.76. The zero-order valence-electron chi connectivity index (χ0n) is 15.2. The van der Waals surface area contributed by atoms with Crippen molar-refractivity contribution in [3.63, 3.8) is 0 Å². The summed E-state index contributed by atoms with van der Waals surface area (Å²) in [7, 11) is 0. The SMILES string of the molecule is C[C@]12C[C@H](C(=O)O)[C@](C)(O1)c1c2c(O)n(-c2ccc(C#N)c(C(F)(F)F)c2)c1O. The highest BCUT2D eigenvalue weighted by Gasteiger charge is 2.66. The Labute approximate surface area is 162 Å². The van der Waals surface area contributed by atoms with E-state index in [-0.39, 0.29) is 23.2 Å². The van der Waals surface area contributed by atoms with E-state index in [2.05, 4.69) is 0 Å². The number of aromatic hydroxyl groups is 2. The van der Waals surface area contributed by atoms with Gasteiger partial charge in [0.1, 0.15) is 5.60 Å². The van der Waals surface area contributed by atoms with Crippen LogP contribution in [0.2, 0.25) is 0 Å². The minimum Gasteiger partial charge on any atom is -0.494 e. The van der Waals surface area contributed by atoms with Gasteiger partial charge in [0.15, 0.2) is 0 Å². The van der Waals surface area contributed by atoms with Crippen LogP contribution in [0.25, 0.3) is 5.69 Å². The lowest BCUT2D eigenvalue weighted by molar-refractivity contribution is -0.149. The number of hydrogen-bond donors (Lipinski definition) is 3. The van der Waals surface area contributed by atoms with E-state index in [1.807, 2.05) is 0 Å². The summed E-state index contributed by atoms with van der Waals surface area (Å²) in [6, 6.07) is 4.21. The highest BCUT2D eigenvalue weighted by atomic mass is 19.4. The second-order valence-corrected chi connectivity index (χ2v) is 7.61. The van der Waals surface area contributed by atoms with Crippen LogP contribution in [0.4, 0.5) is 13.2 Å². The molecule has 2 bridgehead atoms. The van der Waals surface area contributed by atoms with E-state index in [4.69, 9.17) is 10.00 Å². The van der Waals surface area contributed by atoms with Crippen molar-refractivity contribution >= 4 is 5.97 Å². The van der Waals surface area contributed by atoms with Gasteiger partial charge in [-0.25, -0.2) is 0 Å². The molecule has 2 aliphatic rings. The minimum atomic E-state index is -4.82. The molecule has 0 aliphatic carbocycles. The van der Waals surface area contributed by atoms with E-state index >= 15 is 0 Å². The topological polar surface area (TPSA) is 116 Å². The van der Waals surface area contributed by atoms with Gasteiger partial charge in [-0.05, 0) is 38.5 Å². The van der Waals surface area contributed by atoms with Crippen LogP contribution < -0.4 is 0 Å². The number of fused-ring (bicyclic) bond motifs is 5. The van der Waals surface area contributed by atoms with Crippen molar-refractivity contribution in [2.75, 3.05) is 0 Å². The second-order valence-electron chi connectivity index (χ2n) is 7.61. The number of nitrogens with zero attached hydrogens (tertiary/aromatic N) is 2. The molecule has 10 heteroatoms. The Morgan fingerprint density at radius 2 is 1.90 bits per heavy atom. The van der Waals surface area contributed by atoms with E-state index in [1.54, 1.807) is 6.92 Å². The third kappa shape index (κ3) is 2.31. The first-order valence-electron chi connectivity index (χ1n) is 8.57. The summed E-state index contributed by atoms with van der Waals surface area (Å²) < 4.78 is 46.6. The Morgan fingerprint density at radius 1 is 1.28 bits per heavy atom. The molecule has 0 radical (unpaired) electrons. The molecule has 29 heavy (non-hydrogen) atoms. The summed E-state index contributed by atoms with van der Waals surface area (Å²) in [5.41, 5.74) is -4.54. The Hall–Kier alpha value is -3.19. The molecule has 0 unspecified atom stereocenters. The maximum Gasteiger partial charge on any atom is 0.417 e. The average Bonchev–Trinajstić information content (AvgIpc) is 3.15. The predicted molar refractivity (Wildman–Crippen MR) is 90.3 cm³/mol. The molecule has 1 saturated heterocycles. The lowest BCUT2D eigenvalue weighted by Crippen LogP contribution is -2.34. The first kappa shape index (κ1) is 19.1. The molecule has 7 nitrogen and oxygen atoms in total. The zero-order valence-corrected chi connectivity index (χ0v) is 15.2. The molecular formula is C19H15F3N2O5. The molecule has 0 amide bonds. The molecule has 0 spiro atoms. The number of ether oxygens (including phenoxy) is 1. The maximum absolute atomic E-state index is 13.3. The summed E-state index contributed by atoms with van der Waals surface area (Å²) >= 11 is 0. The van der Waals surface area contributed by atoms with Crippen molar-refractivity contribution in [3.05, 3.63) is 40.5 Å². The van der Waals surface area contributed by atoms with E-state index < -0.39 is 52.2 Å². The Kier molecular flexibility index (Phi) is 3.60. The lowest BCUT2D eigenvalue weighted by atomic mass is 9.73. The molecule has 3 N–H and O–H groups in total. The zero-order chi connectivity index (χ0) is 21.5. The number of aliphatic carboxylic acids is 1. The summed E-state index contributed by atoms with van der Waals surface area (Å²) in [6.45, 7) is 3.02. The lowest BCUT2D eigenvalue weighted by Gasteiger charge is -2.26. The van der Waals surface area contributed by atoms with Crippen molar-refractivity contribution in [2.45, 2.75) is 37.6 Å². The molecule has 2 aromatic rings. The number of carboxylic acid groups (broad SMARTS) is 1. The number of carbonyl (C=O) groups is 1. The number of halogens is 3. The fraction of sp³-hybridized carbons (Fsp3) is 0.368. The highest BCUT2D eigenvalue weighted by Crippen LogP contribution is 2.66. The van der Waals surface area contributed by atoms with Gasteiger partial charge in [-0.2, -0.15) is 18.4 Å². The molecular weight excluding hydrogens is 393 g/mol. The normalized spacial score (nSPS) is 27.7. The first-order chi connectivity index (χ1) is 13.3. The third-order valence-electron chi connectivity index (χ3n) is 5.83. The van der Waals surface area contributed by atoms with Crippen LogP contribution in [0.5, 0.6) is 11.8 Å². The second kappa shape index (κ2) is 5.45. The van der Waals surface area contributed by atoms with Gasteiger partial charge in [-0.1, -0.05) is 0 Å². The van der Waals surface area contributed by atoms with Crippen LogP contribution in [-0.4, -0.2) is 25.9 Å². The standard InChI is InChI=1S/C19H15F3N2O5/c1-17-6-11(16(27)28)18(2,29-17)13-12(17)14(25)24(15(13)26)9-4-3-8(7-23)10(5-9)19(20,21)22/h3-5,11,25-26H,6H2,1-2H3,(H,27,28)/t11-,17-,18+/m1/s1. The minimum absolute atomic E-state index is 0.0318. The van der Waals surface area contributed by atoms with Crippen molar-refractivity contribution in [2.24, 2.45) is 5.92 Å². The number of nitriles is 1. The number of alkyl halides is 3. The Balaban J connectivity index is 1.97.